The highest BCUT2D eigenvalue weighted by Gasteiger charge is 2.26. The molecular weight excluding hydrogens is 1220 g/mol. The molecule has 0 aliphatic carbocycles. The fourth-order valence-corrected chi connectivity index (χ4v) is 10.2. The third-order valence-corrected chi connectivity index (χ3v) is 13.8. The van der Waals surface area contributed by atoms with E-state index >= 15 is 0 Å². The van der Waals surface area contributed by atoms with Crippen molar-refractivity contribution in [2.45, 2.75) is 105 Å². The summed E-state index contributed by atoms with van der Waals surface area (Å²) >= 11 is 0. The Morgan fingerprint density at radius 3 is 0.708 bits per heavy atom. The van der Waals surface area contributed by atoms with Gasteiger partial charge in [-0.05, 0) is 156 Å². The monoisotopic (exact) mass is 1300 g/mol. The van der Waals surface area contributed by atoms with Gasteiger partial charge < -0.3 is 71.4 Å². The molecule has 96 heavy (non-hydrogen) atoms. The molecule has 5 heterocycles. The molecule has 24 nitrogen and oxygen atoms in total. The number of H-pyrrole nitrogens is 2. The molecule has 0 atom stereocenters. The van der Waals surface area contributed by atoms with Crippen molar-refractivity contribution in [2.75, 3.05) is 47.4 Å². The Bertz CT molecular complexity index is 3890. The number of alkyl carbamates (subject to hydrolysis) is 4. The number of benzene rings is 4. The van der Waals surface area contributed by atoms with E-state index in [4.69, 9.17) is 28.9 Å². The number of hydrogen-bond donors (Lipinski definition) is 10. The molecule has 2 aliphatic rings. The highest BCUT2D eigenvalue weighted by atomic mass is 16.6. The van der Waals surface area contributed by atoms with Gasteiger partial charge in [-0.15, -0.1) is 0 Å². The van der Waals surface area contributed by atoms with Crippen molar-refractivity contribution < 1.29 is 57.3 Å². The number of carbonyl (C=O) groups excluding carboxylic acids is 8. The van der Waals surface area contributed by atoms with Crippen LogP contribution in [0.2, 0.25) is 0 Å². The summed E-state index contributed by atoms with van der Waals surface area (Å²) < 4.78 is 21.6. The molecular formula is C72H78N12O12. The number of fused-ring (bicyclic) bond motifs is 8. The van der Waals surface area contributed by atoms with E-state index in [0.717, 1.165) is 0 Å². The van der Waals surface area contributed by atoms with Gasteiger partial charge in [0.05, 0.1) is 22.8 Å². The van der Waals surface area contributed by atoms with Crippen molar-refractivity contribution in [2.24, 2.45) is 0 Å². The number of amides is 8. The number of rotatable bonds is 16. The average molecular weight is 1300 g/mol. The van der Waals surface area contributed by atoms with Crippen LogP contribution in [0.5, 0.6) is 0 Å². The van der Waals surface area contributed by atoms with Crippen LogP contribution < -0.4 is 42.5 Å². The van der Waals surface area contributed by atoms with E-state index in [1.165, 1.54) is 0 Å². The van der Waals surface area contributed by atoms with Crippen LogP contribution in [0.25, 0.3) is 90.9 Å². The number of aromatic nitrogens is 4. The standard InChI is InChI=1S/C72H78N12O12/c1-69(2,3)93-65(89)73-37-57(85)81-45-25-17-13-21-41(45)61-49-29-31-51(77-49)62(42-22-14-18-26-46(42)82-58(86)38-74-66(90)94-70(4,5)6)53-33-35-55(79-53)64(44-24-16-20-28-48(44)84-60(88)40-76-68(92)96-72(10,11)12)56-36-34-54(80-56)63(52-32-30-50(61)78-52)43-23-15-19-27-47(43)83-59(87)39-75-67(91)95-71(7,8)9/h13-36,77,80H,37-40H2,1-12H3,(H,73,89)(H,74,90)(H,75,91)(H,76,92)(H,81,85)(H,82,86)(H,83,87)(H,84,88). The Morgan fingerprint density at radius 1 is 0.312 bits per heavy atom. The first-order chi connectivity index (χ1) is 45.3. The summed E-state index contributed by atoms with van der Waals surface area (Å²) in [5.74, 6) is -2.25. The topological polar surface area (TPSA) is 327 Å². The van der Waals surface area contributed by atoms with Crippen molar-refractivity contribution in [3.63, 3.8) is 0 Å². The number of para-hydroxylation sites is 4. The Balaban J connectivity index is 1.32. The second-order valence-electron chi connectivity index (χ2n) is 26.3. The predicted octanol–water partition coefficient (Wildman–Crippen LogP) is 13.2. The zero-order chi connectivity index (χ0) is 69.3. The molecule has 0 unspecified atom stereocenters. The van der Waals surface area contributed by atoms with Crippen LogP contribution in [-0.2, 0) is 38.1 Å². The SMILES string of the molecule is CC(C)(C)OC(=O)NCC(=O)Nc1ccccc1-c1c2nc(c(-c3ccccc3NC(=O)CNC(=O)OC(C)(C)C)c3ccc([nH]3)c(-c3ccccc3NC(=O)CNC(=O)OC(C)(C)C)c3nc(c(-c4ccccc4NC(=O)CNC(=O)OC(C)(C)C)c4ccc1[nH]4)C=C3)C=C2. The summed E-state index contributed by atoms with van der Waals surface area (Å²) in [4.78, 5) is 125. The Hall–Kier alpha value is -11.6. The predicted molar refractivity (Wildman–Crippen MR) is 372 cm³/mol. The minimum Gasteiger partial charge on any atom is -0.444 e. The normalized spacial score (nSPS) is 12.0. The molecule has 4 aromatic carbocycles. The largest absolute Gasteiger partial charge is 0.444 e. The molecule has 9 rings (SSSR count). The number of nitrogens with zero attached hydrogens (tertiary/aromatic N) is 2. The van der Waals surface area contributed by atoms with Crippen molar-refractivity contribution in [1.82, 2.24) is 41.2 Å². The molecule has 0 fully saturated rings. The molecule has 24 heteroatoms. The molecule has 0 saturated carbocycles. The third-order valence-electron chi connectivity index (χ3n) is 13.8. The van der Waals surface area contributed by atoms with Gasteiger partial charge in [-0.1, -0.05) is 72.8 Å². The van der Waals surface area contributed by atoms with Crippen LogP contribution in [0.1, 0.15) is 106 Å². The smallest absolute Gasteiger partial charge is 0.408 e. The lowest BCUT2D eigenvalue weighted by Gasteiger charge is -2.19. The van der Waals surface area contributed by atoms with Crippen LogP contribution in [-0.4, -0.2) is 117 Å². The van der Waals surface area contributed by atoms with Crippen molar-refractivity contribution in [1.29, 1.82) is 0 Å². The van der Waals surface area contributed by atoms with Crippen molar-refractivity contribution >= 4 is 117 Å². The highest BCUT2D eigenvalue weighted by Crippen LogP contribution is 2.43. The number of nitrogens with one attached hydrogen (secondary N) is 10. The van der Waals surface area contributed by atoms with Gasteiger partial charge in [0.1, 0.15) is 48.6 Å². The minimum atomic E-state index is -0.819. The maximum Gasteiger partial charge on any atom is 0.408 e. The van der Waals surface area contributed by atoms with Gasteiger partial charge in [0.15, 0.2) is 0 Å². The maximum atomic E-state index is 13.9. The quantitative estimate of drug-likeness (QED) is 0.0402. The van der Waals surface area contributed by atoms with E-state index in [1.54, 1.807) is 156 Å². The summed E-state index contributed by atoms with van der Waals surface area (Å²) in [6.45, 7) is 18.8. The lowest BCUT2D eigenvalue weighted by molar-refractivity contribution is -0.116. The molecule has 0 radical (unpaired) electrons. The summed E-state index contributed by atoms with van der Waals surface area (Å²) in [6, 6.07) is 35.8. The molecule has 10 N–H and O–H groups in total. The number of hydrogen-bond acceptors (Lipinski definition) is 14. The van der Waals surface area contributed by atoms with Crippen molar-refractivity contribution in [3.8, 4) is 44.5 Å². The van der Waals surface area contributed by atoms with E-state index in [2.05, 4.69) is 52.5 Å². The summed E-state index contributed by atoms with van der Waals surface area (Å²) in [7, 11) is 0. The molecule has 2 aliphatic heterocycles. The van der Waals surface area contributed by atoms with E-state index in [1.807, 2.05) is 72.8 Å². The lowest BCUT2D eigenvalue weighted by atomic mass is 10.0. The fraction of sp³-hybridized carbons (Fsp3) is 0.278. The molecule has 7 aromatic rings. The Labute approximate surface area is 554 Å². The van der Waals surface area contributed by atoms with Crippen LogP contribution in [0, 0.1) is 0 Å². The average Bonchev–Trinajstić information content (AvgIpc) is 1.60. The molecule has 8 amide bonds. The van der Waals surface area contributed by atoms with Gasteiger partial charge in [-0.3, -0.25) is 19.2 Å². The highest BCUT2D eigenvalue weighted by molar-refractivity contribution is 6.08. The third kappa shape index (κ3) is 18.4. The van der Waals surface area contributed by atoms with E-state index in [-0.39, 0.29) is 0 Å². The molecule has 8 bridgehead atoms. The molecule has 0 spiro atoms. The maximum absolute atomic E-state index is 13.9. The lowest BCUT2D eigenvalue weighted by Crippen LogP contribution is -2.37. The van der Waals surface area contributed by atoms with E-state index < -0.39 is 96.6 Å². The van der Waals surface area contributed by atoms with Crippen LogP contribution in [0.15, 0.2) is 121 Å². The number of ether oxygens (including phenoxy) is 4. The van der Waals surface area contributed by atoms with Gasteiger partial charge in [0, 0.05) is 89.3 Å². The van der Waals surface area contributed by atoms with Crippen LogP contribution in [0.4, 0.5) is 41.9 Å². The van der Waals surface area contributed by atoms with Crippen molar-refractivity contribution in [3.05, 3.63) is 144 Å². The second kappa shape index (κ2) is 28.8. The number of aromatic amines is 2. The molecule has 0 saturated heterocycles. The summed E-state index contributed by atoms with van der Waals surface area (Å²) in [6.07, 6.45) is 4.16. The Kier molecular flexibility index (Phi) is 20.6. The fourth-order valence-electron chi connectivity index (χ4n) is 10.2. The van der Waals surface area contributed by atoms with E-state index in [9.17, 15) is 38.4 Å². The Morgan fingerprint density at radius 2 is 0.510 bits per heavy atom. The zero-order valence-corrected chi connectivity index (χ0v) is 55.5. The van der Waals surface area contributed by atoms with Gasteiger partial charge in [0.25, 0.3) is 0 Å². The van der Waals surface area contributed by atoms with Crippen LogP contribution >= 0.6 is 0 Å². The summed E-state index contributed by atoms with van der Waals surface area (Å²) in [5.41, 5.74) is 5.73. The van der Waals surface area contributed by atoms with Gasteiger partial charge in [-0.2, -0.15) is 0 Å². The van der Waals surface area contributed by atoms with E-state index in [0.29, 0.717) is 112 Å². The first-order valence-corrected chi connectivity index (χ1v) is 30.9. The second-order valence-corrected chi connectivity index (χ2v) is 26.3. The van der Waals surface area contributed by atoms with Gasteiger partial charge >= 0.3 is 24.4 Å². The number of carbonyl (C=O) groups is 8. The summed E-state index contributed by atoms with van der Waals surface area (Å²) in [5, 5.41) is 22.0. The first-order valence-electron chi connectivity index (χ1n) is 30.9. The van der Waals surface area contributed by atoms with Crippen LogP contribution in [0.3, 0.4) is 0 Å². The van der Waals surface area contributed by atoms with Gasteiger partial charge in [-0.25, -0.2) is 29.1 Å². The minimum absolute atomic E-state index is 0.350. The number of anilines is 4. The molecule has 498 valence electrons. The molecule has 3 aromatic heterocycles. The first kappa shape index (κ1) is 68.8. The zero-order valence-electron chi connectivity index (χ0n) is 55.5. The van der Waals surface area contributed by atoms with Gasteiger partial charge in [0.2, 0.25) is 23.6 Å².